The van der Waals surface area contributed by atoms with Crippen LogP contribution >= 0.6 is 22.9 Å². The van der Waals surface area contributed by atoms with E-state index in [2.05, 4.69) is 5.32 Å². The van der Waals surface area contributed by atoms with E-state index < -0.39 is 0 Å². The molecule has 0 radical (unpaired) electrons. The maximum atomic E-state index is 12.0. The first-order valence-corrected chi connectivity index (χ1v) is 6.68. The zero-order valence-corrected chi connectivity index (χ0v) is 11.4. The maximum absolute atomic E-state index is 12.0. The SMILES string of the molecule is CC(NC(=O)c1ccc(Cl)s1)c1ccccc1N. The monoisotopic (exact) mass is 280 g/mol. The first-order valence-electron chi connectivity index (χ1n) is 5.48. The molecule has 0 spiro atoms. The molecule has 5 heteroatoms. The number of carbonyl (C=O) groups excluding carboxylic acids is 1. The number of thiophene rings is 1. The van der Waals surface area contributed by atoms with Gasteiger partial charge in [0.05, 0.1) is 15.3 Å². The van der Waals surface area contributed by atoms with Crippen LogP contribution in [0.1, 0.15) is 28.2 Å². The maximum Gasteiger partial charge on any atom is 0.261 e. The molecule has 0 saturated heterocycles. The first kappa shape index (κ1) is 12.9. The van der Waals surface area contributed by atoms with Crippen molar-refractivity contribution < 1.29 is 4.79 Å². The van der Waals surface area contributed by atoms with Gasteiger partial charge in [0.25, 0.3) is 5.91 Å². The molecular weight excluding hydrogens is 268 g/mol. The Hall–Kier alpha value is -1.52. The Labute approximate surface area is 115 Å². The van der Waals surface area contributed by atoms with Crippen molar-refractivity contribution in [3.63, 3.8) is 0 Å². The van der Waals surface area contributed by atoms with Gasteiger partial charge in [0.1, 0.15) is 0 Å². The summed E-state index contributed by atoms with van der Waals surface area (Å²) in [5.74, 6) is -0.136. The van der Waals surface area contributed by atoms with E-state index in [4.69, 9.17) is 17.3 Å². The minimum absolute atomic E-state index is 0.136. The molecule has 3 N–H and O–H groups in total. The van der Waals surface area contributed by atoms with Gasteiger partial charge in [-0.2, -0.15) is 0 Å². The normalized spacial score (nSPS) is 12.1. The number of halogens is 1. The van der Waals surface area contributed by atoms with Gasteiger partial charge in [0.2, 0.25) is 0 Å². The third-order valence-corrected chi connectivity index (χ3v) is 3.84. The molecular formula is C13H13ClN2OS. The van der Waals surface area contributed by atoms with Crippen LogP contribution in [0.5, 0.6) is 0 Å². The first-order chi connectivity index (χ1) is 8.58. The van der Waals surface area contributed by atoms with E-state index in [9.17, 15) is 4.79 Å². The molecule has 1 amide bonds. The zero-order chi connectivity index (χ0) is 13.1. The highest BCUT2D eigenvalue weighted by molar-refractivity contribution is 7.17. The van der Waals surface area contributed by atoms with Crippen molar-refractivity contribution in [2.75, 3.05) is 5.73 Å². The summed E-state index contributed by atoms with van der Waals surface area (Å²) in [6.45, 7) is 1.90. The minimum atomic E-state index is -0.139. The van der Waals surface area contributed by atoms with Crippen LogP contribution in [0.15, 0.2) is 36.4 Å². The molecule has 94 valence electrons. The highest BCUT2D eigenvalue weighted by Gasteiger charge is 2.14. The van der Waals surface area contributed by atoms with Gasteiger partial charge in [-0.25, -0.2) is 0 Å². The molecule has 0 aliphatic carbocycles. The van der Waals surface area contributed by atoms with Crippen LogP contribution in [0.2, 0.25) is 4.34 Å². The van der Waals surface area contributed by atoms with Gasteiger partial charge in [0.15, 0.2) is 0 Å². The Kier molecular flexibility index (Phi) is 3.89. The molecule has 18 heavy (non-hydrogen) atoms. The lowest BCUT2D eigenvalue weighted by atomic mass is 10.1. The summed E-state index contributed by atoms with van der Waals surface area (Å²) in [4.78, 5) is 12.6. The Balaban J connectivity index is 2.10. The smallest absolute Gasteiger partial charge is 0.261 e. The van der Waals surface area contributed by atoms with E-state index in [1.54, 1.807) is 12.1 Å². The predicted molar refractivity (Wildman–Crippen MR) is 76.1 cm³/mol. The van der Waals surface area contributed by atoms with Gasteiger partial charge >= 0.3 is 0 Å². The number of amides is 1. The molecule has 0 saturated carbocycles. The van der Waals surface area contributed by atoms with E-state index in [1.807, 2.05) is 31.2 Å². The number of nitrogens with one attached hydrogen (secondary N) is 1. The molecule has 0 fully saturated rings. The molecule has 1 aromatic heterocycles. The highest BCUT2D eigenvalue weighted by atomic mass is 35.5. The van der Waals surface area contributed by atoms with Crippen LogP contribution in [0.3, 0.4) is 0 Å². The zero-order valence-electron chi connectivity index (χ0n) is 9.81. The van der Waals surface area contributed by atoms with Gasteiger partial charge in [-0.1, -0.05) is 29.8 Å². The number of para-hydroxylation sites is 1. The number of nitrogen functional groups attached to an aromatic ring is 1. The lowest BCUT2D eigenvalue weighted by Gasteiger charge is -2.15. The predicted octanol–water partition coefficient (Wildman–Crippen LogP) is 3.47. The van der Waals surface area contributed by atoms with Crippen molar-refractivity contribution in [1.29, 1.82) is 0 Å². The number of benzene rings is 1. The second-order valence-electron chi connectivity index (χ2n) is 3.93. The summed E-state index contributed by atoms with van der Waals surface area (Å²) < 4.78 is 0.604. The van der Waals surface area contributed by atoms with Gasteiger partial charge in [-0.15, -0.1) is 11.3 Å². The highest BCUT2D eigenvalue weighted by Crippen LogP contribution is 2.23. The lowest BCUT2D eigenvalue weighted by Crippen LogP contribution is -2.26. The molecule has 1 atom stereocenters. The average molecular weight is 281 g/mol. The third kappa shape index (κ3) is 2.83. The van der Waals surface area contributed by atoms with Crippen molar-refractivity contribution in [3.05, 3.63) is 51.2 Å². The van der Waals surface area contributed by atoms with Crippen LogP contribution in [0, 0.1) is 0 Å². The Morgan fingerprint density at radius 1 is 1.33 bits per heavy atom. The topological polar surface area (TPSA) is 55.1 Å². The fourth-order valence-corrected chi connectivity index (χ4v) is 2.63. The second-order valence-corrected chi connectivity index (χ2v) is 5.64. The Morgan fingerprint density at radius 3 is 2.67 bits per heavy atom. The van der Waals surface area contributed by atoms with E-state index >= 15 is 0 Å². The van der Waals surface area contributed by atoms with Crippen LogP contribution in [-0.4, -0.2) is 5.91 Å². The van der Waals surface area contributed by atoms with Crippen LogP contribution in [0.4, 0.5) is 5.69 Å². The number of hydrogen-bond acceptors (Lipinski definition) is 3. The molecule has 1 heterocycles. The van der Waals surface area contributed by atoms with Crippen molar-refractivity contribution >= 4 is 34.5 Å². The third-order valence-electron chi connectivity index (χ3n) is 2.61. The summed E-state index contributed by atoms with van der Waals surface area (Å²) in [6, 6.07) is 10.8. The summed E-state index contributed by atoms with van der Waals surface area (Å²) in [6.07, 6.45) is 0. The van der Waals surface area contributed by atoms with Crippen molar-refractivity contribution in [2.45, 2.75) is 13.0 Å². The standard InChI is InChI=1S/C13H13ClN2OS/c1-8(9-4-2-3-5-10(9)15)16-13(17)11-6-7-12(14)18-11/h2-8H,15H2,1H3,(H,16,17). The molecule has 1 aromatic carbocycles. The molecule has 2 aromatic rings. The van der Waals surface area contributed by atoms with Crippen LogP contribution in [0.25, 0.3) is 0 Å². The molecule has 1 unspecified atom stereocenters. The summed E-state index contributed by atoms with van der Waals surface area (Å²) in [5, 5.41) is 2.90. The number of carbonyl (C=O) groups is 1. The quantitative estimate of drug-likeness (QED) is 0.846. The minimum Gasteiger partial charge on any atom is -0.398 e. The van der Waals surface area contributed by atoms with Crippen molar-refractivity contribution in [1.82, 2.24) is 5.32 Å². The number of anilines is 1. The molecule has 2 rings (SSSR count). The Bertz CT molecular complexity index is 568. The fourth-order valence-electron chi connectivity index (χ4n) is 1.69. The van der Waals surface area contributed by atoms with Crippen LogP contribution in [-0.2, 0) is 0 Å². The van der Waals surface area contributed by atoms with Crippen molar-refractivity contribution in [2.24, 2.45) is 0 Å². The number of hydrogen-bond donors (Lipinski definition) is 2. The van der Waals surface area contributed by atoms with Gasteiger partial charge in [-0.3, -0.25) is 4.79 Å². The second kappa shape index (κ2) is 5.42. The number of rotatable bonds is 3. The Morgan fingerprint density at radius 2 is 2.06 bits per heavy atom. The summed E-state index contributed by atoms with van der Waals surface area (Å²) in [5.41, 5.74) is 7.46. The van der Waals surface area contributed by atoms with Gasteiger partial charge in [0, 0.05) is 5.69 Å². The van der Waals surface area contributed by atoms with Crippen molar-refractivity contribution in [3.8, 4) is 0 Å². The van der Waals surface area contributed by atoms with E-state index in [0.717, 1.165) is 5.56 Å². The molecule has 0 aliphatic heterocycles. The van der Waals surface area contributed by atoms with E-state index in [0.29, 0.717) is 14.9 Å². The largest absolute Gasteiger partial charge is 0.398 e. The summed E-state index contributed by atoms with van der Waals surface area (Å²) in [7, 11) is 0. The molecule has 0 aliphatic rings. The fraction of sp³-hybridized carbons (Fsp3) is 0.154. The van der Waals surface area contributed by atoms with Gasteiger partial charge in [-0.05, 0) is 30.7 Å². The van der Waals surface area contributed by atoms with E-state index in [-0.39, 0.29) is 11.9 Å². The van der Waals surface area contributed by atoms with Gasteiger partial charge < -0.3 is 11.1 Å². The number of nitrogens with two attached hydrogens (primary N) is 1. The van der Waals surface area contributed by atoms with E-state index in [1.165, 1.54) is 11.3 Å². The van der Waals surface area contributed by atoms with Crippen LogP contribution < -0.4 is 11.1 Å². The average Bonchev–Trinajstić information content (AvgIpc) is 2.76. The lowest BCUT2D eigenvalue weighted by molar-refractivity contribution is 0.0944. The summed E-state index contributed by atoms with van der Waals surface area (Å²) >= 11 is 7.06. The molecule has 0 bridgehead atoms. The molecule has 3 nitrogen and oxygen atoms in total.